The van der Waals surface area contributed by atoms with Crippen LogP contribution in [0.15, 0.2) is 17.3 Å². The first-order valence-electron chi connectivity index (χ1n) is 2.93. The molecule has 0 atom stereocenters. The molecule has 0 aromatic heterocycles. The van der Waals surface area contributed by atoms with E-state index in [2.05, 4.69) is 15.0 Å². The van der Waals surface area contributed by atoms with Gasteiger partial charge in [-0.15, -0.1) is 12.4 Å². The van der Waals surface area contributed by atoms with Crippen molar-refractivity contribution in [3.63, 3.8) is 0 Å². The average Bonchev–Trinajstić information content (AvgIpc) is 2.32. The van der Waals surface area contributed by atoms with Gasteiger partial charge in [0.25, 0.3) is 12.2 Å². The molecule has 0 unspecified atom stereocenters. The van der Waals surface area contributed by atoms with Gasteiger partial charge >= 0.3 is 5.69 Å². The highest BCUT2D eigenvalue weighted by Crippen LogP contribution is 2.04. The molecule has 2 heterocycles. The molecule has 7 heteroatoms. The van der Waals surface area contributed by atoms with E-state index in [9.17, 15) is 10.0 Å². The van der Waals surface area contributed by atoms with Gasteiger partial charge in [0.2, 0.25) is 5.69 Å². The number of H-pyrrole nitrogens is 2. The summed E-state index contributed by atoms with van der Waals surface area (Å²) >= 11 is 0. The highest BCUT2D eigenvalue weighted by atomic mass is 35.5. The van der Waals surface area contributed by atoms with Crippen LogP contribution in [0.1, 0.15) is 0 Å². The summed E-state index contributed by atoms with van der Waals surface area (Å²) in [4.78, 5) is 19.0. The molecule has 2 aliphatic rings. The Morgan fingerprint density at radius 3 is 3.08 bits per heavy atom. The molecule has 0 bridgehead atoms. The maximum atomic E-state index is 10.8. The second-order valence-electron chi connectivity index (χ2n) is 2.05. The molecule has 12 heavy (non-hydrogen) atoms. The zero-order valence-electron chi connectivity index (χ0n) is 5.77. The van der Waals surface area contributed by atoms with Crippen molar-refractivity contribution in [1.29, 1.82) is 0 Å². The fourth-order valence-electron chi connectivity index (χ4n) is 0.849. The predicted molar refractivity (Wildman–Crippen MR) is 42.0 cm³/mol. The minimum absolute atomic E-state index is 0. The Morgan fingerprint density at radius 2 is 2.33 bits per heavy atom. The van der Waals surface area contributed by atoms with Crippen LogP contribution >= 0.6 is 12.4 Å². The number of imidazole rings is 1. The summed E-state index contributed by atoms with van der Waals surface area (Å²) in [6.07, 6.45) is 2.41. The van der Waals surface area contributed by atoms with E-state index >= 15 is 0 Å². The summed E-state index contributed by atoms with van der Waals surface area (Å²) in [5.74, 6) is 0.295. The largest absolute Gasteiger partial charge is 0.710 e. The number of hydrogen-bond donors (Lipinski definition) is 2. The molecule has 2 N–H and O–H groups in total. The minimum Gasteiger partial charge on any atom is -0.710 e. The summed E-state index contributed by atoms with van der Waals surface area (Å²) in [6.45, 7) is 0. The van der Waals surface area contributed by atoms with Crippen molar-refractivity contribution in [2.24, 2.45) is 0 Å². The molecule has 2 aliphatic heterocycles. The van der Waals surface area contributed by atoms with Crippen LogP contribution in [0.2, 0.25) is 0 Å². The Kier molecular flexibility index (Phi) is 2.01. The van der Waals surface area contributed by atoms with Crippen molar-refractivity contribution in [2.75, 3.05) is 0 Å². The molecule has 0 radical (unpaired) electrons. The maximum absolute atomic E-state index is 10.8. The normalized spacial score (nSPS) is 9.67. The quantitative estimate of drug-likeness (QED) is 0.422. The average molecular weight is 189 g/mol. The van der Waals surface area contributed by atoms with Crippen molar-refractivity contribution in [1.82, 2.24) is 15.0 Å². The minimum atomic E-state index is -0.379. The number of aromatic amines is 2. The molecule has 0 spiro atoms. The lowest BCUT2D eigenvalue weighted by molar-refractivity contribution is -0.592. The first kappa shape index (κ1) is 8.54. The number of fused-ring (bicyclic) bond motifs is 1. The van der Waals surface area contributed by atoms with Crippen molar-refractivity contribution >= 4 is 12.4 Å². The van der Waals surface area contributed by atoms with Gasteiger partial charge in [-0.1, -0.05) is 0 Å². The Hall–Kier alpha value is -1.56. The molecule has 0 aliphatic carbocycles. The van der Waals surface area contributed by atoms with E-state index in [1.807, 2.05) is 0 Å². The number of nitrogens with zero attached hydrogens (tertiary/aromatic N) is 2. The summed E-state index contributed by atoms with van der Waals surface area (Å²) in [5, 5.41) is 10.8. The number of aromatic nitrogens is 4. The van der Waals surface area contributed by atoms with Gasteiger partial charge < -0.3 is 10.2 Å². The van der Waals surface area contributed by atoms with Crippen LogP contribution in [0.25, 0.3) is 11.5 Å². The Labute approximate surface area is 72.6 Å². The molecule has 64 valence electrons. The van der Waals surface area contributed by atoms with E-state index in [0.717, 1.165) is 6.33 Å². The second-order valence-corrected chi connectivity index (χ2v) is 2.05. The summed E-state index contributed by atoms with van der Waals surface area (Å²) < 4.78 is 0.571. The van der Waals surface area contributed by atoms with Gasteiger partial charge in [-0.3, -0.25) is 4.98 Å². The number of nitrogens with one attached hydrogen (secondary N) is 2. The van der Waals surface area contributed by atoms with Crippen molar-refractivity contribution in [3.8, 4) is 11.5 Å². The Balaban J connectivity index is 0.000000720. The van der Waals surface area contributed by atoms with E-state index in [4.69, 9.17) is 0 Å². The van der Waals surface area contributed by atoms with Gasteiger partial charge in [-0.05, 0) is 4.98 Å². The van der Waals surface area contributed by atoms with E-state index in [-0.39, 0.29) is 18.1 Å². The van der Waals surface area contributed by atoms with Gasteiger partial charge in [0.05, 0.1) is 6.20 Å². The van der Waals surface area contributed by atoms with Crippen LogP contribution in [0, 0.1) is 5.21 Å². The van der Waals surface area contributed by atoms with Crippen LogP contribution in [0.3, 0.4) is 0 Å². The SMILES string of the molecule is Cl.O=c1[nH]cc2[n+]([O-])cnc-2[nH]1. The standard InChI is InChI=1S/C5H4N4O2.ClH/c10-5-6-1-3-4(8-5)7-2-9(3)11;/h1-2H,(H2,6,7,8,10);1H. The van der Waals surface area contributed by atoms with Crippen molar-refractivity contribution < 1.29 is 4.73 Å². The van der Waals surface area contributed by atoms with Gasteiger partial charge in [0.1, 0.15) is 0 Å². The molecule has 0 aromatic carbocycles. The summed E-state index contributed by atoms with van der Waals surface area (Å²) in [6, 6.07) is 0. The topological polar surface area (TPSA) is 88.5 Å². The molecular formula is C5H5ClN4O2. The van der Waals surface area contributed by atoms with Gasteiger partial charge in [0, 0.05) is 0 Å². The van der Waals surface area contributed by atoms with Gasteiger partial charge in [-0.25, -0.2) is 9.52 Å². The fraction of sp³-hybridized carbons (Fsp3) is 0. The van der Waals surface area contributed by atoms with E-state index in [1.165, 1.54) is 6.20 Å². The third kappa shape index (κ3) is 1.12. The summed E-state index contributed by atoms with van der Waals surface area (Å²) in [7, 11) is 0. The third-order valence-corrected chi connectivity index (χ3v) is 1.34. The zero-order valence-corrected chi connectivity index (χ0v) is 6.59. The molecule has 0 aromatic rings. The molecule has 0 amide bonds. The smallest absolute Gasteiger partial charge is 0.326 e. The third-order valence-electron chi connectivity index (χ3n) is 1.34. The predicted octanol–water partition coefficient (Wildman–Crippen LogP) is -0.742. The van der Waals surface area contributed by atoms with Crippen LogP contribution in [0.4, 0.5) is 0 Å². The molecule has 0 saturated carbocycles. The van der Waals surface area contributed by atoms with E-state index < -0.39 is 0 Å². The van der Waals surface area contributed by atoms with Crippen LogP contribution in [-0.2, 0) is 0 Å². The number of halogens is 1. The first-order valence-corrected chi connectivity index (χ1v) is 2.93. The van der Waals surface area contributed by atoms with Gasteiger partial charge in [0.15, 0.2) is 0 Å². The van der Waals surface area contributed by atoms with Crippen LogP contribution < -0.4 is 10.4 Å². The molecule has 0 fully saturated rings. The maximum Gasteiger partial charge on any atom is 0.326 e. The van der Waals surface area contributed by atoms with Crippen molar-refractivity contribution in [2.45, 2.75) is 0 Å². The summed E-state index contributed by atoms with van der Waals surface area (Å²) in [5.41, 5.74) is -0.0548. The monoisotopic (exact) mass is 188 g/mol. The van der Waals surface area contributed by atoms with E-state index in [0.29, 0.717) is 16.2 Å². The van der Waals surface area contributed by atoms with Crippen LogP contribution in [-0.4, -0.2) is 15.0 Å². The molecule has 2 rings (SSSR count). The van der Waals surface area contributed by atoms with Gasteiger partial charge in [-0.2, -0.15) is 0 Å². The Bertz CT molecular complexity index is 408. The highest BCUT2D eigenvalue weighted by molar-refractivity contribution is 5.85. The zero-order chi connectivity index (χ0) is 7.84. The highest BCUT2D eigenvalue weighted by Gasteiger charge is 2.15. The fourth-order valence-corrected chi connectivity index (χ4v) is 0.849. The number of hydrogen-bond acceptors (Lipinski definition) is 3. The van der Waals surface area contributed by atoms with Crippen LogP contribution in [0.5, 0.6) is 0 Å². The van der Waals surface area contributed by atoms with E-state index in [1.54, 1.807) is 0 Å². The first-order chi connectivity index (χ1) is 5.27. The lowest BCUT2D eigenvalue weighted by Crippen LogP contribution is -2.26. The second kappa shape index (κ2) is 2.82. The van der Waals surface area contributed by atoms with Crippen molar-refractivity contribution in [3.05, 3.63) is 28.2 Å². The molecular weight excluding hydrogens is 184 g/mol. The molecule has 0 saturated heterocycles. The number of rotatable bonds is 0. The Morgan fingerprint density at radius 1 is 1.58 bits per heavy atom. The lowest BCUT2D eigenvalue weighted by Gasteiger charge is -1.96. The lowest BCUT2D eigenvalue weighted by atomic mass is 10.4. The molecule has 6 nitrogen and oxygen atoms in total.